The van der Waals surface area contributed by atoms with Gasteiger partial charge in [-0.2, -0.15) is 0 Å². The predicted octanol–water partition coefficient (Wildman–Crippen LogP) is 2.88. The molecule has 4 heteroatoms. The van der Waals surface area contributed by atoms with Crippen molar-refractivity contribution < 1.29 is 14.0 Å². The van der Waals surface area contributed by atoms with E-state index in [0.29, 0.717) is 11.1 Å². The molecule has 0 heterocycles. The molecule has 1 atom stereocenters. The Kier molecular flexibility index (Phi) is 3.32. The molecule has 0 aliphatic rings. The Balaban J connectivity index is 2.30. The largest absolute Gasteiger partial charge is 0.421 e. The summed E-state index contributed by atoms with van der Waals surface area (Å²) in [5.74, 6) is 0.433. The van der Waals surface area contributed by atoms with Crippen molar-refractivity contribution in [1.29, 1.82) is 0 Å². The number of para-hydroxylation sites is 1. The third kappa shape index (κ3) is 2.76. The summed E-state index contributed by atoms with van der Waals surface area (Å²) in [6.07, 6.45) is 0. The topological polar surface area (TPSA) is 46.5 Å². The number of benzene rings is 2. The van der Waals surface area contributed by atoms with Gasteiger partial charge < -0.3 is 9.42 Å². The van der Waals surface area contributed by atoms with Crippen LogP contribution in [0.2, 0.25) is 0 Å². The van der Waals surface area contributed by atoms with Crippen molar-refractivity contribution in [2.75, 3.05) is 0 Å². The van der Waals surface area contributed by atoms with Gasteiger partial charge in [0.2, 0.25) is 0 Å². The summed E-state index contributed by atoms with van der Waals surface area (Å²) in [6, 6.07) is 15.5. The lowest BCUT2D eigenvalue weighted by Crippen LogP contribution is -2.08. The predicted molar refractivity (Wildman–Crippen MR) is 67.7 cm³/mol. The lowest BCUT2D eigenvalue weighted by atomic mass is 10.2. The van der Waals surface area contributed by atoms with Crippen LogP contribution in [-0.4, -0.2) is 4.89 Å². The summed E-state index contributed by atoms with van der Waals surface area (Å²) in [5.41, 5.74) is 0.831. The molecule has 0 aromatic heterocycles. The van der Waals surface area contributed by atoms with Gasteiger partial charge in [0, 0.05) is 0 Å². The minimum absolute atomic E-state index is 0.295. The second-order valence-corrected chi connectivity index (χ2v) is 5.45. The van der Waals surface area contributed by atoms with Crippen LogP contribution in [0.3, 0.4) is 0 Å². The molecule has 17 heavy (non-hydrogen) atoms. The third-order valence-corrected chi connectivity index (χ3v) is 3.79. The minimum Gasteiger partial charge on any atom is -0.421 e. The van der Waals surface area contributed by atoms with E-state index < -0.39 is 7.60 Å². The summed E-state index contributed by atoms with van der Waals surface area (Å²) in [4.78, 5) is 9.90. The second-order valence-electron chi connectivity index (χ2n) is 3.71. The van der Waals surface area contributed by atoms with Gasteiger partial charge in [0.1, 0.15) is 5.75 Å². The van der Waals surface area contributed by atoms with Crippen molar-refractivity contribution in [2.24, 2.45) is 0 Å². The van der Waals surface area contributed by atoms with Gasteiger partial charge in [-0.25, -0.2) is 4.57 Å². The standard InChI is InChI=1S/C13H13O3P/c1-11-7-5-6-10-13(11)16-17(14,15)12-8-3-2-4-9-12/h2-10H,1H3,(H,14,15). The molecule has 0 radical (unpaired) electrons. The molecule has 88 valence electrons. The van der Waals surface area contributed by atoms with Crippen molar-refractivity contribution in [2.45, 2.75) is 6.92 Å². The van der Waals surface area contributed by atoms with E-state index in [-0.39, 0.29) is 0 Å². The average molecular weight is 248 g/mol. The van der Waals surface area contributed by atoms with Gasteiger partial charge in [0.25, 0.3) is 0 Å². The van der Waals surface area contributed by atoms with E-state index in [1.54, 1.807) is 42.5 Å². The molecule has 1 N–H and O–H groups in total. The fraction of sp³-hybridized carbons (Fsp3) is 0.0769. The number of rotatable bonds is 3. The van der Waals surface area contributed by atoms with E-state index in [1.165, 1.54) is 0 Å². The van der Waals surface area contributed by atoms with E-state index in [9.17, 15) is 9.46 Å². The van der Waals surface area contributed by atoms with Crippen LogP contribution in [0.4, 0.5) is 0 Å². The molecule has 3 nitrogen and oxygen atoms in total. The van der Waals surface area contributed by atoms with Crippen molar-refractivity contribution in [3.05, 3.63) is 60.2 Å². The first-order chi connectivity index (χ1) is 8.09. The van der Waals surface area contributed by atoms with Crippen molar-refractivity contribution in [1.82, 2.24) is 0 Å². The molecule has 2 rings (SSSR count). The van der Waals surface area contributed by atoms with Crippen LogP contribution in [0.15, 0.2) is 54.6 Å². The number of hydrogen-bond acceptors (Lipinski definition) is 2. The molecule has 2 aromatic rings. The average Bonchev–Trinajstić information content (AvgIpc) is 2.33. The summed E-state index contributed by atoms with van der Waals surface area (Å²) < 4.78 is 17.3. The highest BCUT2D eigenvalue weighted by Crippen LogP contribution is 2.42. The SMILES string of the molecule is Cc1ccccc1OP(=O)(O)c1ccccc1. The van der Waals surface area contributed by atoms with E-state index in [0.717, 1.165) is 5.56 Å². The van der Waals surface area contributed by atoms with Gasteiger partial charge in [0.05, 0.1) is 5.30 Å². The van der Waals surface area contributed by atoms with Crippen LogP contribution >= 0.6 is 7.60 Å². The Hall–Kier alpha value is -1.57. The van der Waals surface area contributed by atoms with Gasteiger partial charge in [-0.3, -0.25) is 0 Å². The maximum Gasteiger partial charge on any atom is 0.408 e. The lowest BCUT2D eigenvalue weighted by molar-refractivity contribution is 0.392. The maximum absolute atomic E-state index is 12.1. The molecule has 0 aliphatic heterocycles. The van der Waals surface area contributed by atoms with Crippen molar-refractivity contribution >= 4 is 12.9 Å². The van der Waals surface area contributed by atoms with Crippen LogP contribution in [0.25, 0.3) is 0 Å². The second kappa shape index (κ2) is 4.74. The smallest absolute Gasteiger partial charge is 0.408 e. The quantitative estimate of drug-likeness (QED) is 0.849. The molecule has 0 aliphatic carbocycles. The fourth-order valence-electron chi connectivity index (χ4n) is 1.46. The molecule has 0 fully saturated rings. The first-order valence-corrected chi connectivity index (χ1v) is 6.81. The Morgan fingerprint density at radius 1 is 1.00 bits per heavy atom. The summed E-state index contributed by atoms with van der Waals surface area (Å²) >= 11 is 0. The first kappa shape index (κ1) is 11.9. The van der Waals surface area contributed by atoms with Crippen LogP contribution in [-0.2, 0) is 4.57 Å². The molecule has 0 amide bonds. The van der Waals surface area contributed by atoms with Gasteiger partial charge in [-0.1, -0.05) is 36.4 Å². The zero-order valence-electron chi connectivity index (χ0n) is 9.41. The Morgan fingerprint density at radius 3 is 2.24 bits per heavy atom. The van der Waals surface area contributed by atoms with E-state index in [4.69, 9.17) is 4.52 Å². The molecular formula is C13H13O3P. The summed E-state index contributed by atoms with van der Waals surface area (Å²) in [6.45, 7) is 1.83. The zero-order chi connectivity index (χ0) is 12.3. The van der Waals surface area contributed by atoms with Crippen molar-refractivity contribution in [3.8, 4) is 5.75 Å². The first-order valence-electron chi connectivity index (χ1n) is 5.23. The molecular weight excluding hydrogens is 235 g/mol. The molecule has 0 bridgehead atoms. The van der Waals surface area contributed by atoms with Crippen molar-refractivity contribution in [3.63, 3.8) is 0 Å². The Morgan fingerprint density at radius 2 is 1.59 bits per heavy atom. The molecule has 0 saturated heterocycles. The summed E-state index contributed by atoms with van der Waals surface area (Å²) in [7, 11) is -3.79. The van der Waals surface area contributed by atoms with Crippen LogP contribution in [0.1, 0.15) is 5.56 Å². The van der Waals surface area contributed by atoms with E-state index in [1.807, 2.05) is 19.1 Å². The highest BCUT2D eigenvalue weighted by atomic mass is 31.2. The number of aryl methyl sites for hydroxylation is 1. The zero-order valence-corrected chi connectivity index (χ0v) is 10.3. The van der Waals surface area contributed by atoms with Crippen LogP contribution in [0.5, 0.6) is 5.75 Å². The maximum atomic E-state index is 12.1. The number of hydrogen-bond donors (Lipinski definition) is 1. The van der Waals surface area contributed by atoms with E-state index >= 15 is 0 Å². The lowest BCUT2D eigenvalue weighted by Gasteiger charge is -2.14. The Bertz CT molecular complexity index is 552. The molecule has 0 spiro atoms. The van der Waals surface area contributed by atoms with Gasteiger partial charge in [0.15, 0.2) is 0 Å². The summed E-state index contributed by atoms with van der Waals surface area (Å²) in [5, 5.41) is 0.295. The van der Waals surface area contributed by atoms with Gasteiger partial charge in [-0.05, 0) is 30.7 Å². The molecule has 2 aromatic carbocycles. The van der Waals surface area contributed by atoms with E-state index in [2.05, 4.69) is 0 Å². The van der Waals surface area contributed by atoms with Gasteiger partial charge in [-0.15, -0.1) is 0 Å². The van der Waals surface area contributed by atoms with Gasteiger partial charge >= 0.3 is 7.60 Å². The van der Waals surface area contributed by atoms with Crippen LogP contribution < -0.4 is 9.83 Å². The fourth-order valence-corrected chi connectivity index (χ4v) is 2.59. The molecule has 1 unspecified atom stereocenters. The normalized spacial score (nSPS) is 14.0. The molecule has 0 saturated carbocycles. The monoisotopic (exact) mass is 248 g/mol. The highest BCUT2D eigenvalue weighted by Gasteiger charge is 2.24. The Labute approximate surface area is 100 Å². The van der Waals surface area contributed by atoms with Crippen LogP contribution in [0, 0.1) is 6.92 Å². The highest BCUT2D eigenvalue weighted by molar-refractivity contribution is 7.61. The third-order valence-electron chi connectivity index (χ3n) is 2.40. The minimum atomic E-state index is -3.79.